The summed E-state index contributed by atoms with van der Waals surface area (Å²) in [5.74, 6) is 2.43. The van der Waals surface area contributed by atoms with Crippen molar-refractivity contribution >= 4 is 17.7 Å². The first-order valence-corrected chi connectivity index (χ1v) is 9.99. The predicted molar refractivity (Wildman–Crippen MR) is 99.5 cm³/mol. The SMILES string of the molecule is Cc1ccc(C)c(C2CN(C(=O)CC3CSCCN3)C(C)CO2)c1. The van der Waals surface area contributed by atoms with Crippen molar-refractivity contribution in [1.29, 1.82) is 0 Å². The number of aryl methyl sites for hydroxylation is 2. The zero-order valence-electron chi connectivity index (χ0n) is 14.9. The smallest absolute Gasteiger partial charge is 0.224 e. The number of nitrogens with zero attached hydrogens (tertiary/aromatic N) is 1. The van der Waals surface area contributed by atoms with Crippen LogP contribution in [0.25, 0.3) is 0 Å². The Labute approximate surface area is 149 Å². The monoisotopic (exact) mass is 348 g/mol. The van der Waals surface area contributed by atoms with E-state index in [4.69, 9.17) is 4.74 Å². The Kier molecular flexibility index (Phi) is 5.85. The summed E-state index contributed by atoms with van der Waals surface area (Å²) in [6.07, 6.45) is 0.579. The highest BCUT2D eigenvalue weighted by Gasteiger charge is 2.32. The molecular weight excluding hydrogens is 320 g/mol. The Bertz CT molecular complexity index is 587. The maximum atomic E-state index is 12.8. The van der Waals surface area contributed by atoms with E-state index in [2.05, 4.69) is 44.3 Å². The number of rotatable bonds is 3. The van der Waals surface area contributed by atoms with Gasteiger partial charge in [0.1, 0.15) is 6.10 Å². The second-order valence-electron chi connectivity index (χ2n) is 7.01. The van der Waals surface area contributed by atoms with Crippen LogP contribution in [0.4, 0.5) is 0 Å². The van der Waals surface area contributed by atoms with Crippen LogP contribution in [0.15, 0.2) is 18.2 Å². The van der Waals surface area contributed by atoms with Gasteiger partial charge in [-0.3, -0.25) is 4.79 Å². The standard InChI is InChI=1S/C19H28N2O2S/c1-13-4-5-14(2)17(8-13)18-10-21(15(3)11-23-18)19(22)9-16-12-24-7-6-20-16/h4-5,8,15-16,18,20H,6-7,9-12H2,1-3H3. The lowest BCUT2D eigenvalue weighted by atomic mass is 9.98. The molecule has 0 saturated carbocycles. The van der Waals surface area contributed by atoms with Gasteiger partial charge < -0.3 is 15.0 Å². The van der Waals surface area contributed by atoms with Crippen LogP contribution in [0.5, 0.6) is 0 Å². The van der Waals surface area contributed by atoms with Gasteiger partial charge in [-0.1, -0.05) is 23.8 Å². The Hall–Kier alpha value is -1.04. The molecular formula is C19H28N2O2S. The summed E-state index contributed by atoms with van der Waals surface area (Å²) < 4.78 is 6.07. The highest BCUT2D eigenvalue weighted by atomic mass is 32.2. The van der Waals surface area contributed by atoms with Crippen molar-refractivity contribution in [2.24, 2.45) is 0 Å². The minimum Gasteiger partial charge on any atom is -0.370 e. The zero-order valence-corrected chi connectivity index (χ0v) is 15.7. The first-order valence-electron chi connectivity index (χ1n) is 8.84. The lowest BCUT2D eigenvalue weighted by molar-refractivity contribution is -0.145. The third kappa shape index (κ3) is 4.13. The minimum atomic E-state index is -0.0151. The van der Waals surface area contributed by atoms with E-state index in [1.165, 1.54) is 16.7 Å². The highest BCUT2D eigenvalue weighted by molar-refractivity contribution is 7.99. The van der Waals surface area contributed by atoms with Gasteiger partial charge in [0.05, 0.1) is 19.2 Å². The van der Waals surface area contributed by atoms with E-state index in [1.54, 1.807) is 0 Å². The fraction of sp³-hybridized carbons (Fsp3) is 0.632. The number of carbonyl (C=O) groups is 1. The van der Waals surface area contributed by atoms with Crippen molar-refractivity contribution < 1.29 is 9.53 Å². The molecule has 4 nitrogen and oxygen atoms in total. The van der Waals surface area contributed by atoms with Gasteiger partial charge in [0.25, 0.3) is 0 Å². The number of hydrogen-bond acceptors (Lipinski definition) is 4. The molecule has 3 rings (SSSR count). The number of nitrogens with one attached hydrogen (secondary N) is 1. The van der Waals surface area contributed by atoms with Gasteiger partial charge in [-0.05, 0) is 31.9 Å². The van der Waals surface area contributed by atoms with Crippen LogP contribution in [-0.4, -0.2) is 54.1 Å². The number of benzene rings is 1. The van der Waals surface area contributed by atoms with E-state index >= 15 is 0 Å². The molecule has 2 aliphatic rings. The quantitative estimate of drug-likeness (QED) is 0.912. The van der Waals surface area contributed by atoms with Crippen LogP contribution < -0.4 is 5.32 Å². The Morgan fingerprint density at radius 1 is 1.42 bits per heavy atom. The molecule has 1 aromatic carbocycles. The molecule has 0 bridgehead atoms. The van der Waals surface area contributed by atoms with Crippen LogP contribution in [0, 0.1) is 13.8 Å². The molecule has 1 aromatic rings. The van der Waals surface area contributed by atoms with Gasteiger partial charge in [-0.2, -0.15) is 11.8 Å². The second kappa shape index (κ2) is 7.89. The molecule has 0 aromatic heterocycles. The molecule has 5 heteroatoms. The third-order valence-electron chi connectivity index (χ3n) is 4.95. The summed E-state index contributed by atoms with van der Waals surface area (Å²) in [5.41, 5.74) is 3.68. The molecule has 2 saturated heterocycles. The summed E-state index contributed by atoms with van der Waals surface area (Å²) in [7, 11) is 0. The Morgan fingerprint density at radius 2 is 2.25 bits per heavy atom. The molecule has 1 N–H and O–H groups in total. The van der Waals surface area contributed by atoms with E-state index in [1.807, 2.05) is 16.7 Å². The second-order valence-corrected chi connectivity index (χ2v) is 8.16. The van der Waals surface area contributed by atoms with Crippen molar-refractivity contribution in [3.8, 4) is 0 Å². The predicted octanol–water partition coefficient (Wildman–Crippen LogP) is 2.69. The van der Waals surface area contributed by atoms with Crippen LogP contribution in [0.3, 0.4) is 0 Å². The number of ether oxygens (including phenoxy) is 1. The molecule has 0 radical (unpaired) electrons. The molecule has 0 aliphatic carbocycles. The van der Waals surface area contributed by atoms with Gasteiger partial charge in [0.15, 0.2) is 0 Å². The summed E-state index contributed by atoms with van der Waals surface area (Å²) in [4.78, 5) is 14.9. The molecule has 2 heterocycles. The van der Waals surface area contributed by atoms with Crippen molar-refractivity contribution in [2.75, 3.05) is 31.2 Å². The average molecular weight is 349 g/mol. The van der Waals surface area contributed by atoms with Gasteiger partial charge in [-0.15, -0.1) is 0 Å². The molecule has 24 heavy (non-hydrogen) atoms. The first kappa shape index (κ1) is 17.8. The molecule has 3 atom stereocenters. The molecule has 2 fully saturated rings. The summed E-state index contributed by atoms with van der Waals surface area (Å²) in [6, 6.07) is 6.92. The summed E-state index contributed by atoms with van der Waals surface area (Å²) in [6.45, 7) is 8.57. The van der Waals surface area contributed by atoms with Crippen molar-refractivity contribution in [3.63, 3.8) is 0 Å². The fourth-order valence-electron chi connectivity index (χ4n) is 3.48. The Morgan fingerprint density at radius 3 is 3.00 bits per heavy atom. The van der Waals surface area contributed by atoms with Crippen molar-refractivity contribution in [3.05, 3.63) is 34.9 Å². The summed E-state index contributed by atoms with van der Waals surface area (Å²) >= 11 is 1.94. The zero-order chi connectivity index (χ0) is 17.1. The van der Waals surface area contributed by atoms with Crippen molar-refractivity contribution in [2.45, 2.75) is 45.4 Å². The normalized spacial score (nSPS) is 28.0. The highest BCUT2D eigenvalue weighted by Crippen LogP contribution is 2.28. The lowest BCUT2D eigenvalue weighted by Gasteiger charge is -2.39. The molecule has 2 aliphatic heterocycles. The van der Waals surface area contributed by atoms with E-state index in [9.17, 15) is 4.79 Å². The summed E-state index contributed by atoms with van der Waals surface area (Å²) in [5, 5.41) is 3.46. The van der Waals surface area contributed by atoms with E-state index in [-0.39, 0.29) is 18.1 Å². The van der Waals surface area contributed by atoms with Gasteiger partial charge in [0.2, 0.25) is 5.91 Å². The minimum absolute atomic E-state index is 0.0151. The number of thioether (sulfide) groups is 1. The third-order valence-corrected chi connectivity index (χ3v) is 6.09. The van der Waals surface area contributed by atoms with Crippen LogP contribution in [-0.2, 0) is 9.53 Å². The molecule has 132 valence electrons. The van der Waals surface area contributed by atoms with Crippen molar-refractivity contribution in [1.82, 2.24) is 10.2 Å². The largest absolute Gasteiger partial charge is 0.370 e. The van der Waals surface area contributed by atoms with Crippen LogP contribution in [0.1, 0.15) is 36.1 Å². The van der Waals surface area contributed by atoms with Gasteiger partial charge in [-0.25, -0.2) is 0 Å². The number of carbonyl (C=O) groups excluding carboxylic acids is 1. The number of morpholine rings is 1. The van der Waals surface area contributed by atoms with E-state index in [0.29, 0.717) is 25.6 Å². The molecule has 3 unspecified atom stereocenters. The van der Waals surface area contributed by atoms with Gasteiger partial charge in [0, 0.05) is 30.5 Å². The first-order chi connectivity index (χ1) is 11.5. The lowest BCUT2D eigenvalue weighted by Crippen LogP contribution is -2.50. The maximum absolute atomic E-state index is 12.8. The molecule has 1 amide bonds. The van der Waals surface area contributed by atoms with E-state index in [0.717, 1.165) is 18.1 Å². The van der Waals surface area contributed by atoms with Gasteiger partial charge >= 0.3 is 0 Å². The maximum Gasteiger partial charge on any atom is 0.224 e. The number of amides is 1. The molecule has 0 spiro atoms. The van der Waals surface area contributed by atoms with E-state index < -0.39 is 0 Å². The fourth-order valence-corrected chi connectivity index (χ4v) is 4.43. The van der Waals surface area contributed by atoms with Crippen LogP contribution >= 0.6 is 11.8 Å². The van der Waals surface area contributed by atoms with Crippen LogP contribution in [0.2, 0.25) is 0 Å². The number of hydrogen-bond donors (Lipinski definition) is 1. The average Bonchev–Trinajstić information content (AvgIpc) is 2.58. The topological polar surface area (TPSA) is 41.6 Å². The Balaban J connectivity index is 1.68.